The largest absolute Gasteiger partial charge is 0.497 e. The predicted octanol–water partition coefficient (Wildman–Crippen LogP) is 2.07. The highest BCUT2D eigenvalue weighted by atomic mass is 35.5. The molecule has 28 heavy (non-hydrogen) atoms. The van der Waals surface area contributed by atoms with Gasteiger partial charge in [-0.25, -0.2) is 0 Å². The number of quaternary nitrogens is 1. The van der Waals surface area contributed by atoms with E-state index in [1.807, 2.05) is 24.3 Å². The first-order chi connectivity index (χ1) is 13.5. The molecule has 7 heteroatoms. The molecular weight excluding hydrogens is 397 g/mol. The second kappa shape index (κ2) is 10.0. The van der Waals surface area contributed by atoms with Crippen LogP contribution in [0.15, 0.2) is 42.5 Å². The molecule has 0 aromatic heterocycles. The number of methoxy groups -OCH3 is 1. The van der Waals surface area contributed by atoms with Gasteiger partial charge >= 0.3 is 0 Å². The average Bonchev–Trinajstić information content (AvgIpc) is 2.70. The van der Waals surface area contributed by atoms with Gasteiger partial charge in [0.05, 0.1) is 33.3 Å². The Labute approximate surface area is 176 Å². The van der Waals surface area contributed by atoms with E-state index in [1.165, 1.54) is 10.6 Å². The van der Waals surface area contributed by atoms with Crippen molar-refractivity contribution in [2.24, 2.45) is 0 Å². The molecule has 1 heterocycles. The minimum atomic E-state index is 0.0815. The molecule has 1 saturated heterocycles. The summed E-state index contributed by atoms with van der Waals surface area (Å²) in [5.41, 5.74) is 2.19. The highest BCUT2D eigenvalue weighted by molar-refractivity contribution is 6.35. The summed E-state index contributed by atoms with van der Waals surface area (Å²) >= 11 is 12.1. The third-order valence-corrected chi connectivity index (χ3v) is 5.64. The average molecular weight is 423 g/mol. The molecule has 2 N–H and O–H groups in total. The number of nitrogens with zero attached hydrogens (tertiary/aromatic N) is 1. The molecule has 1 aliphatic heterocycles. The van der Waals surface area contributed by atoms with E-state index < -0.39 is 0 Å². The van der Waals surface area contributed by atoms with E-state index >= 15 is 0 Å². The maximum atomic E-state index is 12.2. The van der Waals surface area contributed by atoms with Crippen molar-refractivity contribution < 1.29 is 14.4 Å². The molecule has 150 valence electrons. The monoisotopic (exact) mass is 422 g/mol. The highest BCUT2D eigenvalue weighted by Gasteiger charge is 2.22. The van der Waals surface area contributed by atoms with Gasteiger partial charge in [-0.15, -0.1) is 0 Å². The fourth-order valence-corrected chi connectivity index (χ4v) is 3.90. The maximum Gasteiger partial charge on any atom is 0.275 e. The van der Waals surface area contributed by atoms with Crippen molar-refractivity contribution in [1.29, 1.82) is 0 Å². The van der Waals surface area contributed by atoms with Crippen LogP contribution in [0.2, 0.25) is 10.0 Å². The number of amides is 1. The van der Waals surface area contributed by atoms with Crippen molar-refractivity contribution in [3.8, 4) is 5.75 Å². The van der Waals surface area contributed by atoms with Crippen LogP contribution in [0.5, 0.6) is 5.75 Å². The van der Waals surface area contributed by atoms with Crippen LogP contribution in [0.25, 0.3) is 0 Å². The van der Waals surface area contributed by atoms with Crippen molar-refractivity contribution in [3.63, 3.8) is 0 Å². The van der Waals surface area contributed by atoms with Crippen LogP contribution < -0.4 is 19.9 Å². The van der Waals surface area contributed by atoms with E-state index in [1.54, 1.807) is 13.2 Å². The van der Waals surface area contributed by atoms with Gasteiger partial charge in [-0.05, 0) is 48.4 Å². The molecule has 0 radical (unpaired) electrons. The van der Waals surface area contributed by atoms with Crippen LogP contribution in [0.4, 0.5) is 5.69 Å². The lowest BCUT2D eigenvalue weighted by atomic mass is 10.1. The van der Waals surface area contributed by atoms with Gasteiger partial charge in [0.1, 0.15) is 5.75 Å². The molecule has 5 nitrogen and oxygen atoms in total. The first-order valence-electron chi connectivity index (χ1n) is 9.48. The molecule has 1 fully saturated rings. The van der Waals surface area contributed by atoms with Crippen molar-refractivity contribution in [2.75, 3.05) is 51.3 Å². The Morgan fingerprint density at radius 2 is 1.86 bits per heavy atom. The molecule has 0 spiro atoms. The predicted molar refractivity (Wildman–Crippen MR) is 114 cm³/mol. The van der Waals surface area contributed by atoms with Gasteiger partial charge in [-0.2, -0.15) is 0 Å². The first-order valence-corrected chi connectivity index (χ1v) is 10.2. The lowest BCUT2D eigenvalue weighted by Gasteiger charge is -2.33. The first kappa shape index (κ1) is 20.8. The number of hydrogen-bond acceptors (Lipinski definition) is 3. The molecule has 0 unspecified atom stereocenters. The van der Waals surface area contributed by atoms with E-state index in [4.69, 9.17) is 27.9 Å². The molecule has 1 amide bonds. The zero-order chi connectivity index (χ0) is 19.9. The number of benzene rings is 2. The molecule has 0 atom stereocenters. The van der Waals surface area contributed by atoms with Crippen LogP contribution in [0.1, 0.15) is 5.56 Å². The Morgan fingerprint density at radius 1 is 1.14 bits per heavy atom. The van der Waals surface area contributed by atoms with Gasteiger partial charge < -0.3 is 19.9 Å². The number of nitrogens with one attached hydrogen (secondary N) is 2. The van der Waals surface area contributed by atoms with Crippen molar-refractivity contribution >= 4 is 34.8 Å². The highest BCUT2D eigenvalue weighted by Crippen LogP contribution is 2.21. The van der Waals surface area contributed by atoms with Crippen molar-refractivity contribution in [1.82, 2.24) is 5.32 Å². The fourth-order valence-electron chi connectivity index (χ4n) is 3.40. The van der Waals surface area contributed by atoms with Gasteiger partial charge in [0.2, 0.25) is 0 Å². The number of hydrogen-bond donors (Lipinski definition) is 2. The van der Waals surface area contributed by atoms with Crippen molar-refractivity contribution in [2.45, 2.75) is 6.42 Å². The number of rotatable bonds is 7. The molecule has 0 aliphatic carbocycles. The summed E-state index contributed by atoms with van der Waals surface area (Å²) in [5, 5.41) is 4.26. The van der Waals surface area contributed by atoms with E-state index in [0.29, 0.717) is 29.6 Å². The van der Waals surface area contributed by atoms with E-state index in [-0.39, 0.29) is 5.91 Å². The van der Waals surface area contributed by atoms with Gasteiger partial charge in [0, 0.05) is 22.3 Å². The second-order valence-corrected chi connectivity index (χ2v) is 7.79. The van der Waals surface area contributed by atoms with Crippen LogP contribution >= 0.6 is 23.2 Å². The smallest absolute Gasteiger partial charge is 0.275 e. The number of carbonyl (C=O) groups excluding carboxylic acids is 1. The SMILES string of the molecule is COc1ccc(N2CC[NH+](CC(=O)NCCc3ccc(Cl)cc3Cl)CC2)cc1. The molecule has 0 bridgehead atoms. The molecule has 3 rings (SSSR count). The summed E-state index contributed by atoms with van der Waals surface area (Å²) < 4.78 is 5.21. The molecule has 0 saturated carbocycles. The Hall–Kier alpha value is -1.95. The Kier molecular flexibility index (Phi) is 7.43. The summed E-state index contributed by atoms with van der Waals surface area (Å²) in [6.45, 7) is 4.85. The summed E-state index contributed by atoms with van der Waals surface area (Å²) in [4.78, 5) is 15.9. The fraction of sp³-hybridized carbons (Fsp3) is 0.381. The Balaban J connectivity index is 1.38. The minimum absolute atomic E-state index is 0.0815. The standard InChI is InChI=1S/C21H25Cl2N3O2/c1-28-19-6-4-18(5-7-19)26-12-10-25(11-13-26)15-21(27)24-9-8-16-2-3-17(22)14-20(16)23/h2-7,14H,8-13,15H2,1H3,(H,24,27)/p+1. The lowest BCUT2D eigenvalue weighted by molar-refractivity contribution is -0.892. The Bertz CT molecular complexity index is 791. The third-order valence-electron chi connectivity index (χ3n) is 5.05. The zero-order valence-corrected chi connectivity index (χ0v) is 17.5. The summed E-state index contributed by atoms with van der Waals surface area (Å²) in [6, 6.07) is 13.6. The minimum Gasteiger partial charge on any atom is -0.497 e. The third kappa shape index (κ3) is 5.77. The van der Waals surface area contributed by atoms with Gasteiger partial charge in [-0.3, -0.25) is 4.79 Å². The second-order valence-electron chi connectivity index (χ2n) is 6.95. The van der Waals surface area contributed by atoms with Crippen LogP contribution in [-0.2, 0) is 11.2 Å². The normalized spacial score (nSPS) is 14.8. The van der Waals surface area contributed by atoms with Crippen LogP contribution in [0.3, 0.4) is 0 Å². The number of anilines is 1. The molecule has 2 aromatic carbocycles. The lowest BCUT2D eigenvalue weighted by Crippen LogP contribution is -3.16. The maximum absolute atomic E-state index is 12.2. The van der Waals surface area contributed by atoms with Gasteiger partial charge in [0.25, 0.3) is 5.91 Å². The summed E-state index contributed by atoms with van der Waals surface area (Å²) in [7, 11) is 1.67. The Morgan fingerprint density at radius 3 is 2.50 bits per heavy atom. The number of halogens is 2. The van der Waals surface area contributed by atoms with E-state index in [0.717, 1.165) is 37.5 Å². The topological polar surface area (TPSA) is 46.0 Å². The van der Waals surface area contributed by atoms with E-state index in [2.05, 4.69) is 22.3 Å². The van der Waals surface area contributed by atoms with Crippen molar-refractivity contribution in [3.05, 3.63) is 58.1 Å². The van der Waals surface area contributed by atoms with Crippen LogP contribution in [0, 0.1) is 0 Å². The van der Waals surface area contributed by atoms with E-state index in [9.17, 15) is 4.79 Å². The quantitative estimate of drug-likeness (QED) is 0.717. The number of piperazine rings is 1. The van der Waals surface area contributed by atoms with Crippen LogP contribution in [-0.4, -0.2) is 52.3 Å². The number of ether oxygens (including phenoxy) is 1. The molecule has 2 aromatic rings. The number of carbonyl (C=O) groups is 1. The summed E-state index contributed by atoms with van der Waals surface area (Å²) in [5.74, 6) is 0.947. The molecular formula is C21H26Cl2N3O2+. The van der Waals surface area contributed by atoms with Gasteiger partial charge in [0.15, 0.2) is 6.54 Å². The summed E-state index contributed by atoms with van der Waals surface area (Å²) in [6.07, 6.45) is 0.697. The molecule has 1 aliphatic rings. The zero-order valence-electron chi connectivity index (χ0n) is 16.0. The van der Waals surface area contributed by atoms with Gasteiger partial charge in [-0.1, -0.05) is 29.3 Å².